The molecule has 39 heavy (non-hydrogen) atoms. The van der Waals surface area contributed by atoms with Crippen LogP contribution in [0.3, 0.4) is 0 Å². The molecule has 0 amide bonds. The van der Waals surface area contributed by atoms with Crippen LogP contribution in [0.5, 0.6) is 0 Å². The van der Waals surface area contributed by atoms with Crippen LogP contribution in [0.15, 0.2) is 29.2 Å². The van der Waals surface area contributed by atoms with E-state index < -0.39 is 32.9 Å². The van der Waals surface area contributed by atoms with Crippen molar-refractivity contribution in [3.8, 4) is 0 Å². The SMILES string of the molecule is CC1(C)Cc2nc(C3CCOCC3)c3c(c2C(O)C1)C1(CCOCC1)O[C@@H]3c1ccc(S(F)(F)(F)(F)F)cc1. The van der Waals surface area contributed by atoms with E-state index in [0.29, 0.717) is 69.8 Å². The number of fused-ring (bicyclic) bond motifs is 4. The molecule has 2 atom stereocenters. The molecule has 3 aliphatic heterocycles. The molecule has 5 nitrogen and oxygen atoms in total. The fraction of sp³-hybridized carbons (Fsp3) is 0.607. The Labute approximate surface area is 224 Å². The first-order valence-corrected chi connectivity index (χ1v) is 15.4. The van der Waals surface area contributed by atoms with Crippen LogP contribution in [0.25, 0.3) is 0 Å². The number of hydrogen-bond acceptors (Lipinski definition) is 5. The summed E-state index contributed by atoms with van der Waals surface area (Å²) in [6.07, 6.45) is 2.14. The summed E-state index contributed by atoms with van der Waals surface area (Å²) in [4.78, 5) is 3.24. The minimum Gasteiger partial charge on any atom is -0.388 e. The quantitative estimate of drug-likeness (QED) is 0.379. The minimum atomic E-state index is -9.82. The third-order valence-electron chi connectivity index (χ3n) is 8.70. The van der Waals surface area contributed by atoms with Gasteiger partial charge in [0.15, 0.2) is 0 Å². The van der Waals surface area contributed by atoms with Crippen LogP contribution >= 0.6 is 10.2 Å². The lowest BCUT2D eigenvalue weighted by molar-refractivity contribution is -0.122. The third-order valence-corrected chi connectivity index (χ3v) is 9.87. The Hall–Kier alpha value is -1.79. The molecule has 216 valence electrons. The maximum absolute atomic E-state index is 13.5. The van der Waals surface area contributed by atoms with E-state index in [2.05, 4.69) is 13.8 Å². The summed E-state index contributed by atoms with van der Waals surface area (Å²) in [5.74, 6) is 0.0463. The standard InChI is InChI=1S/C28H34F5NO4S/c1-27(2)15-20-22(21(35)16-27)24-23(25(34-20)17-7-11-36-12-8-17)26(38-28(24)9-13-37-14-10-28)18-3-5-19(6-4-18)39(29,30,31,32)33/h3-6,17,21,26,35H,7-16H2,1-2H3/t21?,26-/m1/s1. The van der Waals surface area contributed by atoms with E-state index in [-0.39, 0.29) is 11.3 Å². The Bertz CT molecular complexity index is 1290. The lowest BCUT2D eigenvalue weighted by Gasteiger charge is -2.40. The fourth-order valence-electron chi connectivity index (χ4n) is 6.91. The third kappa shape index (κ3) is 4.88. The van der Waals surface area contributed by atoms with Crippen LogP contribution < -0.4 is 0 Å². The van der Waals surface area contributed by atoms with E-state index >= 15 is 0 Å². The molecule has 11 heteroatoms. The topological polar surface area (TPSA) is 60.8 Å². The van der Waals surface area contributed by atoms with Crippen molar-refractivity contribution >= 4 is 10.2 Å². The lowest BCUT2D eigenvalue weighted by atomic mass is 9.69. The zero-order valence-corrected chi connectivity index (χ0v) is 22.8. The zero-order valence-electron chi connectivity index (χ0n) is 22.0. The van der Waals surface area contributed by atoms with Gasteiger partial charge < -0.3 is 19.3 Å². The Kier molecular flexibility index (Phi) is 5.88. The molecule has 1 aliphatic carbocycles. The van der Waals surface area contributed by atoms with Crippen LogP contribution in [-0.2, 0) is 26.2 Å². The predicted molar refractivity (Wildman–Crippen MR) is 137 cm³/mol. The molecule has 4 aliphatic rings. The molecule has 1 spiro atoms. The highest BCUT2D eigenvalue weighted by Gasteiger charge is 2.65. The minimum absolute atomic E-state index is 0.0463. The van der Waals surface area contributed by atoms with E-state index in [1.807, 2.05) is 0 Å². The summed E-state index contributed by atoms with van der Waals surface area (Å²) in [6.45, 7) is 6.20. The van der Waals surface area contributed by atoms with E-state index in [0.717, 1.165) is 53.1 Å². The van der Waals surface area contributed by atoms with Crippen molar-refractivity contribution in [1.29, 1.82) is 0 Å². The number of aliphatic hydroxyl groups excluding tert-OH is 1. The van der Waals surface area contributed by atoms with Crippen LogP contribution in [0.2, 0.25) is 0 Å². The number of halogens is 5. The number of aliphatic hydroxyl groups is 1. The molecule has 0 radical (unpaired) electrons. The maximum atomic E-state index is 13.5. The van der Waals surface area contributed by atoms with Crippen molar-refractivity contribution in [2.75, 3.05) is 26.4 Å². The summed E-state index contributed by atoms with van der Waals surface area (Å²) >= 11 is 0. The van der Waals surface area contributed by atoms with Crippen molar-refractivity contribution in [2.45, 2.75) is 81.0 Å². The number of pyridine rings is 1. The van der Waals surface area contributed by atoms with Gasteiger partial charge in [-0.05, 0) is 54.4 Å². The van der Waals surface area contributed by atoms with Crippen molar-refractivity contribution < 1.29 is 38.7 Å². The number of aromatic nitrogens is 1. The average molecular weight is 576 g/mol. The number of hydrogen-bond donors (Lipinski definition) is 1. The van der Waals surface area contributed by atoms with Gasteiger partial charge in [0, 0.05) is 62.0 Å². The monoisotopic (exact) mass is 575 g/mol. The molecule has 0 bridgehead atoms. The smallest absolute Gasteiger partial charge is 0.310 e. The Balaban J connectivity index is 1.57. The lowest BCUT2D eigenvalue weighted by Crippen LogP contribution is -2.37. The Morgan fingerprint density at radius 3 is 2.13 bits per heavy atom. The summed E-state index contributed by atoms with van der Waals surface area (Å²) in [5.41, 5.74) is 3.44. The number of benzene rings is 1. The Morgan fingerprint density at radius 1 is 0.897 bits per heavy atom. The first-order valence-electron chi connectivity index (χ1n) is 13.5. The summed E-state index contributed by atoms with van der Waals surface area (Å²) < 4.78 is 85.5. The van der Waals surface area contributed by atoms with Crippen LogP contribution in [-0.4, -0.2) is 36.5 Å². The van der Waals surface area contributed by atoms with Crippen molar-refractivity contribution in [3.05, 3.63) is 57.9 Å². The largest absolute Gasteiger partial charge is 0.388 e. The van der Waals surface area contributed by atoms with Crippen LogP contribution in [0.4, 0.5) is 19.4 Å². The van der Waals surface area contributed by atoms with Crippen molar-refractivity contribution in [1.82, 2.24) is 4.98 Å². The molecule has 0 saturated carbocycles. The molecule has 2 aromatic rings. The van der Waals surface area contributed by atoms with E-state index in [4.69, 9.17) is 19.2 Å². The molecule has 1 N–H and O–H groups in total. The van der Waals surface area contributed by atoms with Gasteiger partial charge in [0.25, 0.3) is 0 Å². The molecule has 6 rings (SSSR count). The molecule has 2 fully saturated rings. The predicted octanol–water partition coefficient (Wildman–Crippen LogP) is 7.76. The van der Waals surface area contributed by atoms with Crippen LogP contribution in [0.1, 0.15) is 97.7 Å². The van der Waals surface area contributed by atoms with Gasteiger partial charge >= 0.3 is 10.2 Å². The van der Waals surface area contributed by atoms with Gasteiger partial charge in [-0.15, -0.1) is 0 Å². The molecular formula is C28H34F5NO4S. The second-order valence-electron chi connectivity index (χ2n) is 12.2. The van der Waals surface area contributed by atoms with Gasteiger partial charge in [-0.1, -0.05) is 45.4 Å². The number of ether oxygens (including phenoxy) is 3. The first kappa shape index (κ1) is 27.4. The number of rotatable bonds is 3. The van der Waals surface area contributed by atoms with E-state index in [9.17, 15) is 24.5 Å². The van der Waals surface area contributed by atoms with E-state index in [1.54, 1.807) is 0 Å². The van der Waals surface area contributed by atoms with Gasteiger partial charge in [0.05, 0.1) is 17.4 Å². The van der Waals surface area contributed by atoms with E-state index in [1.165, 1.54) is 0 Å². The molecule has 2 saturated heterocycles. The summed E-state index contributed by atoms with van der Waals surface area (Å²) in [5, 5.41) is 11.5. The summed E-state index contributed by atoms with van der Waals surface area (Å²) in [6, 6.07) is 3.08. The zero-order chi connectivity index (χ0) is 27.9. The molecule has 1 aromatic carbocycles. The molecule has 1 unspecified atom stereocenters. The van der Waals surface area contributed by atoms with Gasteiger partial charge in [0.1, 0.15) is 11.0 Å². The van der Waals surface area contributed by atoms with Gasteiger partial charge in [-0.2, -0.15) is 0 Å². The highest BCUT2D eigenvalue weighted by atomic mass is 32.5. The number of nitrogens with zero attached hydrogens (tertiary/aromatic N) is 1. The molecule has 1 aromatic heterocycles. The Morgan fingerprint density at radius 2 is 1.51 bits per heavy atom. The van der Waals surface area contributed by atoms with Gasteiger partial charge in [-0.3, -0.25) is 4.98 Å². The fourth-order valence-corrected chi connectivity index (χ4v) is 7.56. The van der Waals surface area contributed by atoms with Crippen molar-refractivity contribution in [3.63, 3.8) is 0 Å². The average Bonchev–Trinajstić information content (AvgIpc) is 3.16. The highest BCUT2D eigenvalue weighted by molar-refractivity contribution is 8.45. The molecule has 4 heterocycles. The normalized spacial score (nSPS) is 28.4. The van der Waals surface area contributed by atoms with Crippen LogP contribution in [0, 0.1) is 5.41 Å². The first-order chi connectivity index (χ1) is 18.1. The highest BCUT2D eigenvalue weighted by Crippen LogP contribution is 3.02. The molecular weight excluding hydrogens is 541 g/mol. The van der Waals surface area contributed by atoms with Crippen molar-refractivity contribution in [2.24, 2.45) is 5.41 Å². The second-order valence-corrected chi connectivity index (χ2v) is 14.6. The second kappa shape index (κ2) is 8.38. The summed E-state index contributed by atoms with van der Waals surface area (Å²) in [7, 11) is -9.82. The van der Waals surface area contributed by atoms with Gasteiger partial charge in [-0.25, -0.2) is 0 Å². The maximum Gasteiger partial charge on any atom is 0.310 e. The van der Waals surface area contributed by atoms with Gasteiger partial charge in [0.2, 0.25) is 0 Å².